The average Bonchev–Trinajstić information content (AvgIpc) is 2.81. The van der Waals surface area contributed by atoms with Crippen molar-refractivity contribution in [3.05, 3.63) is 71.9 Å². The lowest BCUT2D eigenvalue weighted by Gasteiger charge is -2.34. The number of phenols is 1. The maximum absolute atomic E-state index is 11.7. The van der Waals surface area contributed by atoms with Crippen molar-refractivity contribution in [3.8, 4) is 17.0 Å². The van der Waals surface area contributed by atoms with Crippen LogP contribution in [0.5, 0.6) is 5.75 Å². The van der Waals surface area contributed by atoms with E-state index in [4.69, 9.17) is 11.6 Å². The molecule has 0 bridgehead atoms. The predicted molar refractivity (Wildman–Crippen MR) is 132 cm³/mol. The van der Waals surface area contributed by atoms with E-state index in [1.807, 2.05) is 36.4 Å². The van der Waals surface area contributed by atoms with Gasteiger partial charge in [0.15, 0.2) is 5.78 Å². The molecule has 1 fully saturated rings. The second-order valence-corrected chi connectivity index (χ2v) is 8.46. The molecule has 0 saturated carbocycles. The summed E-state index contributed by atoms with van der Waals surface area (Å²) in [5, 5.41) is 14.1. The monoisotopic (exact) mass is 463 g/mol. The maximum atomic E-state index is 11.7. The van der Waals surface area contributed by atoms with E-state index in [2.05, 4.69) is 38.7 Å². The number of phenolic OH excluding ortho intramolecular Hbond substituents is 1. The molecule has 2 aromatic carbocycles. The molecule has 1 aliphatic rings. The van der Waals surface area contributed by atoms with Gasteiger partial charge in [-0.3, -0.25) is 4.79 Å². The smallest absolute Gasteiger partial charge is 0.227 e. The third-order valence-corrected chi connectivity index (χ3v) is 5.90. The standard InChI is InChI=1S/C25H26ClN5O2/c1-3-20(32)14-17-5-4-6-18(13-17)24-21(26)16-27-25(29-24)28-19-7-8-22(23(33)15-19)31-11-9-30(2)10-12-31/h3-8,13,15-16,33H,1,9-12,14H2,2H3,(H,27,28,29). The van der Waals surface area contributed by atoms with Gasteiger partial charge >= 0.3 is 0 Å². The van der Waals surface area contributed by atoms with Crippen LogP contribution in [0.1, 0.15) is 5.56 Å². The summed E-state index contributed by atoms with van der Waals surface area (Å²) < 4.78 is 0. The van der Waals surface area contributed by atoms with Gasteiger partial charge in [-0.05, 0) is 36.9 Å². The zero-order valence-electron chi connectivity index (χ0n) is 18.5. The van der Waals surface area contributed by atoms with Gasteiger partial charge in [-0.25, -0.2) is 9.97 Å². The topological polar surface area (TPSA) is 81.6 Å². The van der Waals surface area contributed by atoms with Gasteiger partial charge in [0.25, 0.3) is 0 Å². The fraction of sp³-hybridized carbons (Fsp3) is 0.240. The van der Waals surface area contributed by atoms with Crippen molar-refractivity contribution in [2.45, 2.75) is 6.42 Å². The normalized spacial score (nSPS) is 14.2. The van der Waals surface area contributed by atoms with Crippen LogP contribution >= 0.6 is 11.6 Å². The highest BCUT2D eigenvalue weighted by atomic mass is 35.5. The molecule has 1 saturated heterocycles. The summed E-state index contributed by atoms with van der Waals surface area (Å²) in [6.07, 6.45) is 3.12. The summed E-state index contributed by atoms with van der Waals surface area (Å²) in [6, 6.07) is 13.0. The van der Waals surface area contributed by atoms with Crippen LogP contribution in [0.3, 0.4) is 0 Å². The third-order valence-electron chi connectivity index (χ3n) is 5.63. The van der Waals surface area contributed by atoms with Crippen LogP contribution in [0.4, 0.5) is 17.3 Å². The van der Waals surface area contributed by atoms with Gasteiger partial charge in [0, 0.05) is 49.9 Å². The molecule has 0 radical (unpaired) electrons. The number of carbonyl (C=O) groups is 1. The summed E-state index contributed by atoms with van der Waals surface area (Å²) in [5.41, 5.74) is 3.68. The number of ketones is 1. The molecule has 8 heteroatoms. The number of likely N-dealkylation sites (N-methyl/N-ethyl adjacent to an activating group) is 1. The number of carbonyl (C=O) groups excluding carboxylic acids is 1. The lowest BCUT2D eigenvalue weighted by Crippen LogP contribution is -2.44. The van der Waals surface area contributed by atoms with Crippen molar-refractivity contribution in [2.24, 2.45) is 0 Å². The second-order valence-electron chi connectivity index (χ2n) is 8.06. The Hall–Kier alpha value is -3.42. The zero-order chi connectivity index (χ0) is 23.4. The molecule has 0 atom stereocenters. The van der Waals surface area contributed by atoms with Gasteiger partial charge in [-0.2, -0.15) is 0 Å². The quantitative estimate of drug-likeness (QED) is 0.505. The minimum atomic E-state index is -0.0527. The predicted octanol–water partition coefficient (Wildman–Crippen LogP) is 4.30. The van der Waals surface area contributed by atoms with E-state index in [1.54, 1.807) is 6.07 Å². The number of hydrogen-bond donors (Lipinski definition) is 2. The highest BCUT2D eigenvalue weighted by molar-refractivity contribution is 6.32. The van der Waals surface area contributed by atoms with Crippen molar-refractivity contribution in [3.63, 3.8) is 0 Å². The Labute approximate surface area is 198 Å². The number of piperazine rings is 1. The van der Waals surface area contributed by atoms with Crippen LogP contribution in [0.15, 0.2) is 61.3 Å². The Morgan fingerprint density at radius 2 is 2.00 bits per heavy atom. The Kier molecular flexibility index (Phi) is 6.91. The molecule has 2 N–H and O–H groups in total. The second kappa shape index (κ2) is 10.0. The zero-order valence-corrected chi connectivity index (χ0v) is 19.2. The number of rotatable bonds is 7. The largest absolute Gasteiger partial charge is 0.506 e. The van der Waals surface area contributed by atoms with E-state index in [0.717, 1.165) is 43.0 Å². The summed E-state index contributed by atoms with van der Waals surface area (Å²) in [5.74, 6) is 0.509. The molecular weight excluding hydrogens is 438 g/mol. The number of aromatic hydroxyl groups is 1. The van der Waals surface area contributed by atoms with Gasteiger partial charge in [-0.1, -0.05) is 36.4 Å². The molecular formula is C25H26ClN5O2. The molecule has 0 aliphatic carbocycles. The Bertz CT molecular complexity index is 1180. The van der Waals surface area contributed by atoms with E-state index in [-0.39, 0.29) is 18.0 Å². The van der Waals surface area contributed by atoms with Crippen molar-refractivity contribution in [1.29, 1.82) is 0 Å². The fourth-order valence-corrected chi connectivity index (χ4v) is 3.98. The van der Waals surface area contributed by atoms with E-state index < -0.39 is 0 Å². The molecule has 0 unspecified atom stereocenters. The number of allylic oxidation sites excluding steroid dienone is 1. The summed E-state index contributed by atoms with van der Waals surface area (Å²) in [7, 11) is 2.10. The highest BCUT2D eigenvalue weighted by Gasteiger charge is 2.17. The molecule has 170 valence electrons. The first-order chi connectivity index (χ1) is 15.9. The third kappa shape index (κ3) is 5.50. The number of hydrogen-bond acceptors (Lipinski definition) is 7. The maximum Gasteiger partial charge on any atom is 0.227 e. The van der Waals surface area contributed by atoms with Crippen LogP contribution in [0, 0.1) is 0 Å². The van der Waals surface area contributed by atoms with Gasteiger partial charge in [0.05, 0.1) is 22.6 Å². The number of halogens is 1. The molecule has 4 rings (SSSR count). The van der Waals surface area contributed by atoms with E-state index in [1.165, 1.54) is 12.3 Å². The lowest BCUT2D eigenvalue weighted by atomic mass is 10.0. The average molecular weight is 464 g/mol. The van der Waals surface area contributed by atoms with Crippen molar-refractivity contribution < 1.29 is 9.90 Å². The summed E-state index contributed by atoms with van der Waals surface area (Å²) in [6.45, 7) is 7.19. The Morgan fingerprint density at radius 3 is 2.73 bits per heavy atom. The van der Waals surface area contributed by atoms with Gasteiger partial charge in [0.2, 0.25) is 5.95 Å². The van der Waals surface area contributed by atoms with E-state index in [0.29, 0.717) is 22.4 Å². The number of nitrogens with zero attached hydrogens (tertiary/aromatic N) is 4. The van der Waals surface area contributed by atoms with Crippen LogP contribution in [0.2, 0.25) is 5.02 Å². The molecule has 7 nitrogen and oxygen atoms in total. The van der Waals surface area contributed by atoms with Crippen molar-refractivity contribution in [2.75, 3.05) is 43.4 Å². The first-order valence-electron chi connectivity index (χ1n) is 10.7. The Balaban J connectivity index is 1.54. The summed E-state index contributed by atoms with van der Waals surface area (Å²) >= 11 is 6.38. The Morgan fingerprint density at radius 1 is 1.21 bits per heavy atom. The first-order valence-corrected chi connectivity index (χ1v) is 11.1. The molecule has 33 heavy (non-hydrogen) atoms. The molecule has 1 aromatic heterocycles. The van der Waals surface area contributed by atoms with Gasteiger partial charge < -0.3 is 20.2 Å². The van der Waals surface area contributed by atoms with Gasteiger partial charge in [-0.15, -0.1) is 0 Å². The molecule has 1 aliphatic heterocycles. The molecule has 3 aromatic rings. The molecule has 0 spiro atoms. The van der Waals surface area contributed by atoms with E-state index >= 15 is 0 Å². The van der Waals surface area contributed by atoms with Gasteiger partial charge in [0.1, 0.15) is 5.75 Å². The summed E-state index contributed by atoms with van der Waals surface area (Å²) in [4.78, 5) is 25.0. The number of benzene rings is 2. The van der Waals surface area contributed by atoms with Crippen LogP contribution in [0.25, 0.3) is 11.3 Å². The molecule has 0 amide bonds. The van der Waals surface area contributed by atoms with Crippen molar-refractivity contribution in [1.82, 2.24) is 14.9 Å². The van der Waals surface area contributed by atoms with Crippen LogP contribution in [-0.4, -0.2) is 59.0 Å². The highest BCUT2D eigenvalue weighted by Crippen LogP contribution is 2.32. The lowest BCUT2D eigenvalue weighted by molar-refractivity contribution is -0.114. The number of anilines is 3. The fourth-order valence-electron chi connectivity index (χ4n) is 3.78. The number of aromatic nitrogens is 2. The number of nitrogens with one attached hydrogen (secondary N) is 1. The SMILES string of the molecule is C=CC(=O)Cc1cccc(-c2nc(Nc3ccc(N4CCN(C)CC4)c(O)c3)ncc2Cl)c1. The minimum absolute atomic E-state index is 0.0527. The van der Waals surface area contributed by atoms with E-state index in [9.17, 15) is 9.90 Å². The van der Waals surface area contributed by atoms with Crippen LogP contribution in [-0.2, 0) is 11.2 Å². The molecule has 2 heterocycles. The van der Waals surface area contributed by atoms with Crippen molar-refractivity contribution >= 4 is 34.7 Å². The first kappa shape index (κ1) is 22.8. The minimum Gasteiger partial charge on any atom is -0.506 e. The van der Waals surface area contributed by atoms with Crippen LogP contribution < -0.4 is 10.2 Å².